The number of fused-ring (bicyclic) bond motifs is 1. The Balaban J connectivity index is 1.28. The zero-order valence-electron chi connectivity index (χ0n) is 20.3. The highest BCUT2D eigenvalue weighted by molar-refractivity contribution is 5.86. The number of ether oxygens (including phenoxy) is 3. The van der Waals surface area contributed by atoms with E-state index in [1.165, 1.54) is 0 Å². The van der Waals surface area contributed by atoms with E-state index in [1.54, 1.807) is 19.2 Å². The Morgan fingerprint density at radius 3 is 2.39 bits per heavy atom. The Bertz CT molecular complexity index is 1410. The van der Waals surface area contributed by atoms with Crippen LogP contribution in [-0.4, -0.2) is 25.8 Å². The van der Waals surface area contributed by atoms with Crippen molar-refractivity contribution in [3.8, 4) is 11.8 Å². The number of methoxy groups -OCH3 is 1. The third kappa shape index (κ3) is 4.68. The fourth-order valence-electron chi connectivity index (χ4n) is 4.77. The predicted molar refractivity (Wildman–Crippen MR) is 138 cm³/mol. The molecular formula is C31H27NO4. The lowest BCUT2D eigenvalue weighted by molar-refractivity contribution is -0.185. The van der Waals surface area contributed by atoms with Gasteiger partial charge in [0.1, 0.15) is 18.5 Å². The van der Waals surface area contributed by atoms with Crippen LogP contribution in [0.5, 0.6) is 5.75 Å². The lowest BCUT2D eigenvalue weighted by Gasteiger charge is -2.45. The van der Waals surface area contributed by atoms with E-state index in [0.717, 1.165) is 33.2 Å². The molecule has 0 bridgehead atoms. The van der Waals surface area contributed by atoms with Gasteiger partial charge in [-0.3, -0.25) is 4.79 Å². The van der Waals surface area contributed by atoms with Crippen molar-refractivity contribution in [3.63, 3.8) is 0 Å². The van der Waals surface area contributed by atoms with E-state index in [4.69, 9.17) is 19.5 Å². The van der Waals surface area contributed by atoms with Crippen LogP contribution in [0.2, 0.25) is 0 Å². The minimum atomic E-state index is -0.402. The summed E-state index contributed by atoms with van der Waals surface area (Å²) in [6, 6.07) is 31.6. The molecule has 1 fully saturated rings. The fourth-order valence-corrected chi connectivity index (χ4v) is 4.77. The highest BCUT2D eigenvalue weighted by atomic mass is 16.6. The van der Waals surface area contributed by atoms with Gasteiger partial charge in [0.25, 0.3) is 0 Å². The molecule has 0 unspecified atom stereocenters. The molecule has 1 aliphatic rings. The van der Waals surface area contributed by atoms with Crippen LogP contribution >= 0.6 is 0 Å². The number of esters is 1. The third-order valence-corrected chi connectivity index (χ3v) is 6.92. The minimum Gasteiger partial charge on any atom is -0.497 e. The molecule has 1 aliphatic heterocycles. The summed E-state index contributed by atoms with van der Waals surface area (Å²) in [7, 11) is 1.65. The van der Waals surface area contributed by atoms with Crippen LogP contribution < -0.4 is 4.74 Å². The van der Waals surface area contributed by atoms with Gasteiger partial charge in [0.15, 0.2) is 0 Å². The highest BCUT2D eigenvalue weighted by Gasteiger charge is 2.45. The van der Waals surface area contributed by atoms with Crippen molar-refractivity contribution in [2.75, 3.05) is 13.7 Å². The van der Waals surface area contributed by atoms with Gasteiger partial charge >= 0.3 is 5.97 Å². The van der Waals surface area contributed by atoms with Gasteiger partial charge in [-0.1, -0.05) is 66.7 Å². The van der Waals surface area contributed by atoms with E-state index in [2.05, 4.69) is 18.2 Å². The number of hydrogen-bond donors (Lipinski definition) is 0. The first-order valence-electron chi connectivity index (χ1n) is 12.0. The number of nitrogens with zero attached hydrogens (tertiary/aromatic N) is 1. The molecule has 0 aliphatic carbocycles. The summed E-state index contributed by atoms with van der Waals surface area (Å²) in [6.07, 6.45) is -0.396. The molecule has 0 N–H and O–H groups in total. The van der Waals surface area contributed by atoms with Gasteiger partial charge in [-0.05, 0) is 58.7 Å². The highest BCUT2D eigenvalue weighted by Crippen LogP contribution is 2.48. The van der Waals surface area contributed by atoms with Gasteiger partial charge in [-0.15, -0.1) is 0 Å². The summed E-state index contributed by atoms with van der Waals surface area (Å²) < 4.78 is 17.3. The minimum absolute atomic E-state index is 0.0536. The second kappa shape index (κ2) is 10.2. The summed E-state index contributed by atoms with van der Waals surface area (Å²) in [5, 5.41) is 11.2. The van der Waals surface area contributed by atoms with Crippen LogP contribution in [0.3, 0.4) is 0 Å². The second-order valence-electron chi connectivity index (χ2n) is 9.09. The molecule has 5 heteroatoms. The number of hydrogen-bond acceptors (Lipinski definition) is 5. The molecule has 4 atom stereocenters. The number of benzene rings is 4. The largest absolute Gasteiger partial charge is 0.497 e. The molecule has 5 rings (SSSR count). The quantitative estimate of drug-likeness (QED) is 0.293. The van der Waals surface area contributed by atoms with Gasteiger partial charge < -0.3 is 14.2 Å². The van der Waals surface area contributed by atoms with Crippen molar-refractivity contribution in [1.82, 2.24) is 0 Å². The maximum Gasteiger partial charge on any atom is 0.313 e. The van der Waals surface area contributed by atoms with E-state index >= 15 is 0 Å². The standard InChI is InChI=1S/C31H27NO4/c1-20(24-12-13-26-17-27(34-2)15-14-25(26)16-24)31(33)35-19-28-29(22-6-4-3-5-7-22)30(36-28)23-10-8-21(18-32)9-11-23/h3-17,20,28-30H,19H2,1-2H3/t20-,28-,29+,30+/m0/s1. The van der Waals surface area contributed by atoms with Crippen LogP contribution in [0.25, 0.3) is 10.8 Å². The first-order chi connectivity index (χ1) is 17.6. The van der Waals surface area contributed by atoms with Crippen molar-refractivity contribution >= 4 is 16.7 Å². The predicted octanol–water partition coefficient (Wildman–Crippen LogP) is 6.29. The molecule has 0 spiro atoms. The monoisotopic (exact) mass is 477 g/mol. The SMILES string of the molecule is COc1ccc2cc([C@H](C)C(=O)OC[C@@H]3O[C@H](c4ccc(C#N)cc4)[C@@H]3c3ccccc3)ccc2c1. The van der Waals surface area contributed by atoms with Gasteiger partial charge in [-0.2, -0.15) is 5.26 Å². The van der Waals surface area contributed by atoms with Crippen molar-refractivity contribution in [3.05, 3.63) is 113 Å². The van der Waals surface area contributed by atoms with Crippen LogP contribution in [0.1, 0.15) is 47.1 Å². The number of carbonyl (C=O) groups excluding carboxylic acids is 1. The maximum absolute atomic E-state index is 13.0. The third-order valence-electron chi connectivity index (χ3n) is 6.92. The average Bonchev–Trinajstić information content (AvgIpc) is 2.92. The van der Waals surface area contributed by atoms with E-state index < -0.39 is 5.92 Å². The summed E-state index contributed by atoms with van der Waals surface area (Å²) in [4.78, 5) is 13.0. The Morgan fingerprint density at radius 2 is 1.67 bits per heavy atom. The molecule has 36 heavy (non-hydrogen) atoms. The smallest absolute Gasteiger partial charge is 0.313 e. The summed E-state index contributed by atoms with van der Waals surface area (Å²) in [5.41, 5.74) is 3.66. The van der Waals surface area contributed by atoms with Gasteiger partial charge in [0.05, 0.1) is 30.8 Å². The van der Waals surface area contributed by atoms with E-state index in [0.29, 0.717) is 5.56 Å². The number of nitriles is 1. The van der Waals surface area contributed by atoms with Crippen LogP contribution in [0.15, 0.2) is 91.0 Å². The first-order valence-corrected chi connectivity index (χ1v) is 12.0. The van der Waals surface area contributed by atoms with Crippen molar-refractivity contribution < 1.29 is 19.0 Å². The Hall–Kier alpha value is -4.14. The van der Waals surface area contributed by atoms with Gasteiger partial charge in [0, 0.05) is 5.92 Å². The van der Waals surface area contributed by atoms with Crippen LogP contribution in [-0.2, 0) is 14.3 Å². The zero-order chi connectivity index (χ0) is 25.1. The molecule has 5 nitrogen and oxygen atoms in total. The van der Waals surface area contributed by atoms with Gasteiger partial charge in [-0.25, -0.2) is 0 Å². The Kier molecular flexibility index (Phi) is 6.71. The molecular weight excluding hydrogens is 450 g/mol. The lowest BCUT2D eigenvalue weighted by atomic mass is 9.80. The van der Waals surface area contributed by atoms with Crippen LogP contribution in [0.4, 0.5) is 0 Å². The van der Waals surface area contributed by atoms with E-state index in [-0.39, 0.29) is 30.7 Å². The fraction of sp³-hybridized carbons (Fsp3) is 0.226. The summed E-state index contributed by atoms with van der Waals surface area (Å²) in [6.45, 7) is 2.04. The topological polar surface area (TPSA) is 68.6 Å². The lowest BCUT2D eigenvalue weighted by Crippen LogP contribution is -2.44. The molecule has 4 aromatic rings. The van der Waals surface area contributed by atoms with E-state index in [1.807, 2.05) is 73.7 Å². The van der Waals surface area contributed by atoms with Crippen LogP contribution in [0, 0.1) is 11.3 Å². The zero-order valence-corrected chi connectivity index (χ0v) is 20.3. The molecule has 0 amide bonds. The van der Waals surface area contributed by atoms with Gasteiger partial charge in [0.2, 0.25) is 0 Å². The molecule has 0 saturated carbocycles. The molecule has 0 aromatic heterocycles. The molecule has 1 saturated heterocycles. The average molecular weight is 478 g/mol. The number of carbonyl (C=O) groups is 1. The molecule has 180 valence electrons. The van der Waals surface area contributed by atoms with E-state index in [9.17, 15) is 4.79 Å². The molecule has 0 radical (unpaired) electrons. The molecule has 1 heterocycles. The normalized spacial score (nSPS) is 19.6. The summed E-state index contributed by atoms with van der Waals surface area (Å²) in [5.74, 6) is 0.176. The van der Waals surface area contributed by atoms with Crippen molar-refractivity contribution in [2.24, 2.45) is 0 Å². The van der Waals surface area contributed by atoms with Crippen molar-refractivity contribution in [2.45, 2.75) is 31.0 Å². The van der Waals surface area contributed by atoms with Crippen molar-refractivity contribution in [1.29, 1.82) is 5.26 Å². The summed E-state index contributed by atoms with van der Waals surface area (Å²) >= 11 is 0. The first kappa shape index (κ1) is 23.6. The Morgan fingerprint density at radius 1 is 0.944 bits per heavy atom. The number of rotatable bonds is 7. The second-order valence-corrected chi connectivity index (χ2v) is 9.09. The maximum atomic E-state index is 13.0. The Labute approximate surface area is 210 Å². The molecule has 4 aromatic carbocycles.